The SMILES string of the molecule is CCCCCCC/C=C\C/C=C\C/C=C\CCCCCCCCCCCCCCCCCCCCCCCCCCC(=O)OC(COC(=O)CCCCCCCCCCCCCCCCCC/C=C\C/C=C\C/C=C\CCCCCCC)COP(=O)([O-])OCC[N+](C)(C)C. The van der Waals surface area contributed by atoms with E-state index in [1.165, 1.54) is 308 Å². The van der Waals surface area contributed by atoms with E-state index in [9.17, 15) is 19.0 Å². The second-order valence-corrected chi connectivity index (χ2v) is 30.2. The van der Waals surface area contributed by atoms with Gasteiger partial charge in [-0.05, 0) is 89.9 Å². The third kappa shape index (κ3) is 78.4. The molecule has 0 saturated carbocycles. The number of likely N-dealkylation sites (N-methyl/N-ethyl adjacent to an activating group) is 1. The number of rotatable bonds is 76. The number of allylic oxidation sites excluding steroid dienone is 12. The lowest BCUT2D eigenvalue weighted by Crippen LogP contribution is -2.37. The smallest absolute Gasteiger partial charge is 0.306 e. The highest BCUT2D eigenvalue weighted by Crippen LogP contribution is 2.38. The predicted octanol–water partition coefficient (Wildman–Crippen LogP) is 26.4. The number of carbonyl (C=O) groups excluding carboxylic acids is 2. The molecule has 0 bridgehead atoms. The number of ether oxygens (including phenoxy) is 2. The van der Waals surface area contributed by atoms with E-state index in [0.717, 1.165) is 57.8 Å². The standard InChI is InChI=1S/C84H156NO8P/c1-6-8-10-12-14-16-18-20-22-24-26-28-30-32-34-36-38-39-40-41-42-43-44-45-47-49-51-53-55-57-59-61-63-65-67-69-71-73-75-77-84(87)93-82(81-92-94(88,89)91-79-78-85(3,4)5)80-90-83(86)76-74-72-70-68-66-64-62-60-58-56-54-52-50-48-46-37-35-33-31-29-27-25-23-21-19-17-15-13-11-9-7-2/h18-21,24-27,30-33,82H,6-17,22-23,28-29,34-81H2,1-5H3/b20-18-,21-19-,26-24-,27-25-,32-30-,33-31-. The molecule has 0 aromatic rings. The third-order valence-electron chi connectivity index (χ3n) is 18.2. The molecule has 94 heavy (non-hydrogen) atoms. The van der Waals surface area contributed by atoms with Crippen molar-refractivity contribution < 1.29 is 42.1 Å². The molecule has 0 radical (unpaired) electrons. The molecule has 0 saturated heterocycles. The molecular weight excluding hydrogens is 1180 g/mol. The van der Waals surface area contributed by atoms with Crippen molar-refractivity contribution in [1.29, 1.82) is 0 Å². The lowest BCUT2D eigenvalue weighted by Gasteiger charge is -2.28. The average molecular weight is 1340 g/mol. The van der Waals surface area contributed by atoms with E-state index in [2.05, 4.69) is 86.8 Å². The monoisotopic (exact) mass is 1340 g/mol. The highest BCUT2D eigenvalue weighted by Gasteiger charge is 2.22. The molecule has 0 fully saturated rings. The van der Waals surface area contributed by atoms with Gasteiger partial charge >= 0.3 is 11.9 Å². The van der Waals surface area contributed by atoms with Crippen LogP contribution in [0.25, 0.3) is 0 Å². The van der Waals surface area contributed by atoms with Crippen LogP contribution in [0.4, 0.5) is 0 Å². The maximum atomic E-state index is 12.9. The van der Waals surface area contributed by atoms with E-state index >= 15 is 0 Å². The van der Waals surface area contributed by atoms with Gasteiger partial charge in [-0.3, -0.25) is 14.2 Å². The molecular formula is C84H156NO8P. The molecule has 0 aliphatic rings. The number of phosphoric acid groups is 1. The van der Waals surface area contributed by atoms with Crippen molar-refractivity contribution in [2.24, 2.45) is 0 Å². The summed E-state index contributed by atoms with van der Waals surface area (Å²) in [5.41, 5.74) is 0. The van der Waals surface area contributed by atoms with Crippen LogP contribution in [0.1, 0.15) is 399 Å². The topological polar surface area (TPSA) is 111 Å². The quantitative estimate of drug-likeness (QED) is 0.0195. The van der Waals surface area contributed by atoms with Gasteiger partial charge in [0.2, 0.25) is 0 Å². The van der Waals surface area contributed by atoms with Crippen LogP contribution >= 0.6 is 7.82 Å². The maximum absolute atomic E-state index is 12.9. The van der Waals surface area contributed by atoms with Crippen molar-refractivity contribution in [1.82, 2.24) is 0 Å². The minimum absolute atomic E-state index is 0.0297. The predicted molar refractivity (Wildman–Crippen MR) is 406 cm³/mol. The number of hydrogen-bond donors (Lipinski definition) is 0. The van der Waals surface area contributed by atoms with E-state index < -0.39 is 26.5 Å². The summed E-state index contributed by atoms with van der Waals surface area (Å²) in [6, 6.07) is 0. The first-order chi connectivity index (χ1) is 46.0. The Balaban J connectivity index is 3.92. The summed E-state index contributed by atoms with van der Waals surface area (Å²) in [7, 11) is 1.18. The molecule has 0 amide bonds. The Kier molecular flexibility index (Phi) is 72.6. The minimum atomic E-state index is -4.65. The van der Waals surface area contributed by atoms with Crippen molar-refractivity contribution in [2.45, 2.75) is 405 Å². The van der Waals surface area contributed by atoms with Gasteiger partial charge in [0.1, 0.15) is 19.8 Å². The lowest BCUT2D eigenvalue weighted by atomic mass is 10.0. The van der Waals surface area contributed by atoms with Crippen LogP contribution < -0.4 is 4.89 Å². The number of hydrogen-bond acceptors (Lipinski definition) is 8. The number of unbranched alkanes of at least 4 members (excludes halogenated alkanes) is 50. The molecule has 2 unspecified atom stereocenters. The summed E-state index contributed by atoms with van der Waals surface area (Å²) < 4.78 is 34.4. The van der Waals surface area contributed by atoms with Gasteiger partial charge in [-0.1, -0.05) is 369 Å². The Morgan fingerprint density at radius 1 is 0.330 bits per heavy atom. The molecule has 0 aromatic heterocycles. The van der Waals surface area contributed by atoms with Gasteiger partial charge in [-0.15, -0.1) is 0 Å². The van der Waals surface area contributed by atoms with Crippen LogP contribution in [0.15, 0.2) is 72.9 Å². The fourth-order valence-electron chi connectivity index (χ4n) is 12.0. The second-order valence-electron chi connectivity index (χ2n) is 28.8. The first-order valence-corrected chi connectivity index (χ1v) is 42.1. The van der Waals surface area contributed by atoms with Crippen molar-refractivity contribution in [2.75, 3.05) is 47.5 Å². The van der Waals surface area contributed by atoms with Crippen LogP contribution in [-0.2, 0) is 32.7 Å². The molecule has 550 valence electrons. The van der Waals surface area contributed by atoms with Gasteiger partial charge in [-0.2, -0.15) is 0 Å². The van der Waals surface area contributed by atoms with Crippen molar-refractivity contribution in [3.8, 4) is 0 Å². The summed E-state index contributed by atoms with van der Waals surface area (Å²) in [5, 5.41) is 0. The van der Waals surface area contributed by atoms with Crippen LogP contribution in [0.2, 0.25) is 0 Å². The first-order valence-electron chi connectivity index (χ1n) is 40.6. The molecule has 0 aliphatic carbocycles. The largest absolute Gasteiger partial charge is 0.756 e. The van der Waals surface area contributed by atoms with E-state index in [-0.39, 0.29) is 32.0 Å². The Bertz CT molecular complexity index is 1820. The zero-order valence-electron chi connectivity index (χ0n) is 62.9. The Labute approximate surface area is 584 Å². The highest BCUT2D eigenvalue weighted by atomic mass is 31.2. The molecule has 0 N–H and O–H groups in total. The van der Waals surface area contributed by atoms with E-state index in [4.69, 9.17) is 18.5 Å². The van der Waals surface area contributed by atoms with Gasteiger partial charge in [0.05, 0.1) is 27.7 Å². The molecule has 0 spiro atoms. The zero-order chi connectivity index (χ0) is 68.3. The van der Waals surface area contributed by atoms with Gasteiger partial charge in [0.25, 0.3) is 7.82 Å². The Morgan fingerprint density at radius 3 is 0.851 bits per heavy atom. The van der Waals surface area contributed by atoms with E-state index in [1.807, 2.05) is 21.1 Å². The number of nitrogens with zero attached hydrogens (tertiary/aromatic N) is 1. The summed E-state index contributed by atoms with van der Waals surface area (Å²) in [4.78, 5) is 38.2. The number of carbonyl (C=O) groups is 2. The molecule has 10 heteroatoms. The molecule has 2 atom stereocenters. The summed E-state index contributed by atoms with van der Waals surface area (Å²) >= 11 is 0. The van der Waals surface area contributed by atoms with Crippen molar-refractivity contribution in [3.63, 3.8) is 0 Å². The number of quaternary nitrogens is 1. The van der Waals surface area contributed by atoms with E-state index in [1.54, 1.807) is 0 Å². The fourth-order valence-corrected chi connectivity index (χ4v) is 12.7. The lowest BCUT2D eigenvalue weighted by molar-refractivity contribution is -0.870. The van der Waals surface area contributed by atoms with Crippen LogP contribution in [0.3, 0.4) is 0 Å². The third-order valence-corrected chi connectivity index (χ3v) is 19.2. The van der Waals surface area contributed by atoms with E-state index in [0.29, 0.717) is 17.4 Å². The fraction of sp³-hybridized carbons (Fsp3) is 0.833. The van der Waals surface area contributed by atoms with Crippen molar-refractivity contribution in [3.05, 3.63) is 72.9 Å². The highest BCUT2D eigenvalue weighted by molar-refractivity contribution is 7.45. The van der Waals surface area contributed by atoms with Gasteiger partial charge < -0.3 is 27.9 Å². The summed E-state index contributed by atoms with van der Waals surface area (Å²) in [6.45, 7) is 4.28. The van der Waals surface area contributed by atoms with Gasteiger partial charge in [-0.25, -0.2) is 0 Å². The molecule has 0 aromatic carbocycles. The first kappa shape index (κ1) is 91.4. The summed E-state index contributed by atoms with van der Waals surface area (Å²) in [6.07, 6.45) is 102. The average Bonchev–Trinajstić information content (AvgIpc) is 1.56. The normalized spacial score (nSPS) is 13.4. The van der Waals surface area contributed by atoms with Crippen molar-refractivity contribution >= 4 is 19.8 Å². The van der Waals surface area contributed by atoms with Gasteiger partial charge in [0.15, 0.2) is 6.10 Å². The number of esters is 2. The Morgan fingerprint density at radius 2 is 0.574 bits per heavy atom. The Hall–Kier alpha value is -2.55. The van der Waals surface area contributed by atoms with Crippen LogP contribution in [0, 0.1) is 0 Å². The molecule has 0 rings (SSSR count). The number of phosphoric ester groups is 1. The molecule has 9 nitrogen and oxygen atoms in total. The van der Waals surface area contributed by atoms with Gasteiger partial charge in [0, 0.05) is 12.8 Å². The second kappa shape index (κ2) is 74.7. The maximum Gasteiger partial charge on any atom is 0.306 e. The zero-order valence-corrected chi connectivity index (χ0v) is 63.8. The molecule has 0 aliphatic heterocycles. The summed E-state index contributed by atoms with van der Waals surface area (Å²) in [5.74, 6) is -0.814. The van der Waals surface area contributed by atoms with Crippen LogP contribution in [0.5, 0.6) is 0 Å². The minimum Gasteiger partial charge on any atom is -0.756 e. The van der Waals surface area contributed by atoms with Crippen LogP contribution in [-0.4, -0.2) is 70.0 Å². The molecule has 0 heterocycles.